The summed E-state index contributed by atoms with van der Waals surface area (Å²) in [5.41, 5.74) is 2.66. The summed E-state index contributed by atoms with van der Waals surface area (Å²) in [6.07, 6.45) is 3.66. The number of ether oxygens (including phenoxy) is 1. The second-order valence-electron chi connectivity index (χ2n) is 9.29. The molecular formula is C23H26N6O3S. The number of hydrogen-bond donors (Lipinski definition) is 1. The molecule has 0 saturated carbocycles. The highest BCUT2D eigenvalue weighted by atomic mass is 32.2. The van der Waals surface area contributed by atoms with Crippen molar-refractivity contribution in [2.24, 2.45) is 0 Å². The Balaban J connectivity index is 1.15. The number of rotatable bonds is 4. The molecule has 10 heteroatoms. The molecule has 2 unspecified atom stereocenters. The van der Waals surface area contributed by atoms with E-state index >= 15 is 0 Å². The standard InChI is InChI=1S/C23H26N6O3S/c30-33-10-7-18-20(33)21(24-14-5-8-31-9-6-14)27-22(25-18)28-12-16-11-15(28)13-29(16)23-26-17-3-1-2-4-19(17)32-23/h1-4,14-16H,5-13H2,(H,24,25,27)/t15?,16-,33?/m1/s1. The molecule has 2 aromatic heterocycles. The van der Waals surface area contributed by atoms with Gasteiger partial charge in [0.2, 0.25) is 10.8 Å². The maximum absolute atomic E-state index is 12.7. The molecule has 0 amide bonds. The maximum Gasteiger partial charge on any atom is 0.298 e. The van der Waals surface area contributed by atoms with Gasteiger partial charge in [0.1, 0.15) is 17.0 Å². The summed E-state index contributed by atoms with van der Waals surface area (Å²) in [5, 5.41) is 3.58. The molecule has 0 spiro atoms. The van der Waals surface area contributed by atoms with Gasteiger partial charge in [-0.2, -0.15) is 9.97 Å². The summed E-state index contributed by atoms with van der Waals surface area (Å²) in [5.74, 6) is 2.15. The van der Waals surface area contributed by atoms with Gasteiger partial charge in [-0.25, -0.2) is 4.98 Å². The van der Waals surface area contributed by atoms with Gasteiger partial charge in [0.25, 0.3) is 6.01 Å². The molecule has 3 fully saturated rings. The quantitative estimate of drug-likeness (QED) is 0.580. The number of aromatic nitrogens is 3. The van der Waals surface area contributed by atoms with Gasteiger partial charge >= 0.3 is 0 Å². The molecule has 3 saturated heterocycles. The highest BCUT2D eigenvalue weighted by Crippen LogP contribution is 2.39. The van der Waals surface area contributed by atoms with Crippen LogP contribution in [-0.4, -0.2) is 69.7 Å². The highest BCUT2D eigenvalue weighted by molar-refractivity contribution is 7.91. The van der Waals surface area contributed by atoms with Crippen molar-refractivity contribution >= 4 is 40.1 Å². The number of para-hydroxylation sites is 2. The minimum atomic E-state index is -1.03. The van der Waals surface area contributed by atoms with Crippen molar-refractivity contribution in [3.8, 4) is 0 Å². The van der Waals surface area contributed by atoms with Gasteiger partial charge < -0.3 is 28.8 Å². The van der Waals surface area contributed by atoms with Crippen LogP contribution in [0.1, 0.15) is 25.0 Å². The van der Waals surface area contributed by atoms with E-state index in [-0.39, 0.29) is 0 Å². The van der Waals surface area contributed by atoms with E-state index in [4.69, 9.17) is 24.1 Å². The van der Waals surface area contributed by atoms with Crippen LogP contribution < -0.4 is 15.1 Å². The van der Waals surface area contributed by atoms with Crippen LogP contribution in [-0.2, 0) is 22.3 Å². The topological polar surface area (TPSA) is 103 Å². The lowest BCUT2D eigenvalue weighted by Gasteiger charge is -2.33. The molecular weight excluding hydrogens is 440 g/mol. The summed E-state index contributed by atoms with van der Waals surface area (Å²) in [6, 6.07) is 9.53. The Hall–Kier alpha value is -2.56. The van der Waals surface area contributed by atoms with E-state index in [1.807, 2.05) is 24.3 Å². The highest BCUT2D eigenvalue weighted by Gasteiger charge is 2.47. The molecule has 4 aliphatic heterocycles. The summed E-state index contributed by atoms with van der Waals surface area (Å²) in [6.45, 7) is 3.18. The van der Waals surface area contributed by atoms with E-state index < -0.39 is 11.2 Å². The second kappa shape index (κ2) is 7.75. The predicted molar refractivity (Wildman–Crippen MR) is 125 cm³/mol. The first-order chi connectivity index (χ1) is 16.2. The Morgan fingerprint density at radius 2 is 1.85 bits per heavy atom. The molecule has 2 bridgehead atoms. The van der Waals surface area contributed by atoms with E-state index in [2.05, 4.69) is 15.1 Å². The van der Waals surface area contributed by atoms with Crippen molar-refractivity contribution in [3.63, 3.8) is 0 Å². The third kappa shape index (κ3) is 3.34. The molecule has 9 nitrogen and oxygen atoms in total. The fraction of sp³-hybridized carbons (Fsp3) is 0.522. The lowest BCUT2D eigenvalue weighted by molar-refractivity contribution is 0.0903. The Morgan fingerprint density at radius 3 is 2.67 bits per heavy atom. The number of oxazole rings is 1. The molecule has 4 aliphatic rings. The second-order valence-corrected chi connectivity index (χ2v) is 10.8. The zero-order valence-corrected chi connectivity index (χ0v) is 19.1. The number of piperazine rings is 1. The molecule has 1 N–H and O–H groups in total. The van der Waals surface area contributed by atoms with Crippen LogP contribution in [0.25, 0.3) is 11.1 Å². The molecule has 0 radical (unpaired) electrons. The van der Waals surface area contributed by atoms with Crippen molar-refractivity contribution in [1.82, 2.24) is 15.0 Å². The SMILES string of the molecule is [O-][S+]1CCc2nc(N3C[C@H]4CC3CN4c3nc4ccccc4o3)nc(NC3CCOCC3)c21. The minimum Gasteiger partial charge on any atom is -0.611 e. The van der Waals surface area contributed by atoms with E-state index in [0.717, 1.165) is 85.4 Å². The van der Waals surface area contributed by atoms with Crippen molar-refractivity contribution in [3.05, 3.63) is 30.0 Å². The fourth-order valence-electron chi connectivity index (χ4n) is 5.57. The first kappa shape index (κ1) is 19.9. The number of nitrogens with one attached hydrogen (secondary N) is 1. The van der Waals surface area contributed by atoms with Crippen molar-refractivity contribution in [1.29, 1.82) is 0 Å². The zero-order valence-electron chi connectivity index (χ0n) is 18.3. The number of nitrogens with zero attached hydrogens (tertiary/aromatic N) is 5. The largest absolute Gasteiger partial charge is 0.611 e. The summed E-state index contributed by atoms with van der Waals surface area (Å²) in [4.78, 5) is 19.9. The Labute approximate surface area is 194 Å². The average Bonchev–Trinajstić information content (AvgIpc) is 3.62. The predicted octanol–water partition coefficient (Wildman–Crippen LogP) is 2.34. The van der Waals surface area contributed by atoms with Gasteiger partial charge in [-0.05, 0) is 42.6 Å². The normalized spacial score (nSPS) is 27.0. The first-order valence-electron chi connectivity index (χ1n) is 11.8. The lowest BCUT2D eigenvalue weighted by Crippen LogP contribution is -2.47. The summed E-state index contributed by atoms with van der Waals surface area (Å²) in [7, 11) is 0. The van der Waals surface area contributed by atoms with Gasteiger partial charge in [0.15, 0.2) is 11.4 Å². The van der Waals surface area contributed by atoms with Crippen LogP contribution in [0.2, 0.25) is 0 Å². The van der Waals surface area contributed by atoms with Crippen LogP contribution in [0.4, 0.5) is 17.8 Å². The van der Waals surface area contributed by atoms with E-state index in [1.54, 1.807) is 0 Å². The fourth-order valence-corrected chi connectivity index (χ4v) is 6.89. The zero-order chi connectivity index (χ0) is 21.9. The number of hydrogen-bond acceptors (Lipinski definition) is 9. The Bertz CT molecular complexity index is 1170. The number of fused-ring (bicyclic) bond motifs is 4. The molecule has 3 atom stereocenters. The molecule has 33 heavy (non-hydrogen) atoms. The Morgan fingerprint density at radius 1 is 1.03 bits per heavy atom. The molecule has 1 aromatic carbocycles. The third-order valence-corrected chi connectivity index (χ3v) is 8.72. The van der Waals surface area contributed by atoms with E-state index in [0.29, 0.717) is 29.9 Å². The molecule has 3 aromatic rings. The lowest BCUT2D eigenvalue weighted by atomic mass is 10.1. The van der Waals surface area contributed by atoms with Gasteiger partial charge in [0, 0.05) is 38.8 Å². The van der Waals surface area contributed by atoms with E-state index in [1.165, 1.54) is 0 Å². The number of aryl methyl sites for hydroxylation is 1. The van der Waals surface area contributed by atoms with Gasteiger partial charge in [-0.1, -0.05) is 12.1 Å². The molecule has 0 aliphatic carbocycles. The first-order valence-corrected chi connectivity index (χ1v) is 13.1. The average molecular weight is 467 g/mol. The number of anilines is 3. The van der Waals surface area contributed by atoms with Gasteiger partial charge in [0.05, 0.1) is 12.1 Å². The van der Waals surface area contributed by atoms with Crippen LogP contribution in [0.3, 0.4) is 0 Å². The van der Waals surface area contributed by atoms with Crippen molar-refractivity contribution in [2.75, 3.05) is 47.2 Å². The molecule has 172 valence electrons. The third-order valence-electron chi connectivity index (χ3n) is 7.26. The van der Waals surface area contributed by atoms with Gasteiger partial charge in [-0.15, -0.1) is 0 Å². The number of benzene rings is 1. The van der Waals surface area contributed by atoms with Crippen LogP contribution >= 0.6 is 0 Å². The monoisotopic (exact) mass is 466 g/mol. The van der Waals surface area contributed by atoms with Gasteiger partial charge in [-0.3, -0.25) is 0 Å². The Kier molecular flexibility index (Phi) is 4.66. The maximum atomic E-state index is 12.7. The van der Waals surface area contributed by atoms with Crippen LogP contribution in [0.5, 0.6) is 0 Å². The molecule has 7 rings (SSSR count). The summed E-state index contributed by atoms with van der Waals surface area (Å²) < 4.78 is 24.2. The van der Waals surface area contributed by atoms with E-state index in [9.17, 15) is 4.55 Å². The van der Waals surface area contributed by atoms with Crippen molar-refractivity contribution < 1.29 is 13.7 Å². The van der Waals surface area contributed by atoms with Crippen molar-refractivity contribution in [2.45, 2.75) is 48.7 Å². The smallest absolute Gasteiger partial charge is 0.298 e. The van der Waals surface area contributed by atoms with Crippen LogP contribution in [0, 0.1) is 0 Å². The summed E-state index contributed by atoms with van der Waals surface area (Å²) >= 11 is -1.03. The minimum absolute atomic E-state index is 0.299. The van der Waals surface area contributed by atoms with Crippen LogP contribution in [0.15, 0.2) is 33.6 Å². The molecule has 6 heterocycles.